The van der Waals surface area contributed by atoms with E-state index >= 15 is 0 Å². The Morgan fingerprint density at radius 3 is 2.60 bits per heavy atom. The maximum absolute atomic E-state index is 11.8. The molecule has 5 heteroatoms. The van der Waals surface area contributed by atoms with Gasteiger partial charge in [-0.2, -0.15) is 5.10 Å². The summed E-state index contributed by atoms with van der Waals surface area (Å²) in [6.45, 7) is -0.103. The van der Waals surface area contributed by atoms with Crippen LogP contribution in [0.1, 0.15) is 5.56 Å². The number of methoxy groups -OCH3 is 1. The molecule has 1 amide bonds. The van der Waals surface area contributed by atoms with Crippen LogP contribution >= 0.6 is 0 Å². The summed E-state index contributed by atoms with van der Waals surface area (Å²) in [5, 5.41) is 6.10. The van der Waals surface area contributed by atoms with E-state index in [2.05, 4.69) is 10.5 Å². The number of para-hydroxylation sites is 1. The van der Waals surface area contributed by atoms with Crippen molar-refractivity contribution >= 4 is 22.9 Å². The number of fused-ring (bicyclic) bond motifs is 1. The molecule has 3 aromatic carbocycles. The van der Waals surface area contributed by atoms with Crippen molar-refractivity contribution in [2.75, 3.05) is 13.7 Å². The zero-order chi connectivity index (χ0) is 17.5. The van der Waals surface area contributed by atoms with E-state index in [0.717, 1.165) is 16.3 Å². The number of carbonyl (C=O) groups excluding carboxylic acids is 1. The number of hydrazone groups is 1. The van der Waals surface area contributed by atoms with Gasteiger partial charge in [0.1, 0.15) is 11.5 Å². The minimum atomic E-state index is -0.334. The van der Waals surface area contributed by atoms with Crippen LogP contribution in [0.3, 0.4) is 0 Å². The van der Waals surface area contributed by atoms with Gasteiger partial charge >= 0.3 is 0 Å². The third-order valence-electron chi connectivity index (χ3n) is 3.65. The summed E-state index contributed by atoms with van der Waals surface area (Å²) in [5.41, 5.74) is 3.28. The van der Waals surface area contributed by atoms with E-state index in [-0.39, 0.29) is 12.5 Å². The standard InChI is InChI=1S/C20H18N2O3/c1-24-19-12-11-15-7-5-6-10-17(15)18(19)13-21-22-20(23)14-25-16-8-3-2-4-9-16/h2-13H,14H2,1H3,(H,22,23)/b21-13+. The maximum Gasteiger partial charge on any atom is 0.277 e. The maximum atomic E-state index is 11.8. The molecule has 0 heterocycles. The van der Waals surface area contributed by atoms with Crippen molar-refractivity contribution in [2.24, 2.45) is 5.10 Å². The fourth-order valence-corrected chi connectivity index (χ4v) is 2.45. The molecule has 0 aromatic heterocycles. The van der Waals surface area contributed by atoms with Gasteiger partial charge in [-0.1, -0.05) is 48.5 Å². The quantitative estimate of drug-likeness (QED) is 0.555. The van der Waals surface area contributed by atoms with Crippen molar-refractivity contribution in [1.29, 1.82) is 0 Å². The van der Waals surface area contributed by atoms with Crippen molar-refractivity contribution in [3.8, 4) is 11.5 Å². The van der Waals surface area contributed by atoms with Gasteiger partial charge in [0.05, 0.1) is 13.3 Å². The molecular formula is C20H18N2O3. The highest BCUT2D eigenvalue weighted by Crippen LogP contribution is 2.26. The van der Waals surface area contributed by atoms with Crippen molar-refractivity contribution in [3.05, 3.63) is 72.3 Å². The SMILES string of the molecule is COc1ccc2ccccc2c1/C=N/NC(=O)COc1ccccc1. The summed E-state index contributed by atoms with van der Waals surface area (Å²) in [7, 11) is 1.60. The Balaban J connectivity index is 1.67. The molecular weight excluding hydrogens is 316 g/mol. The molecule has 25 heavy (non-hydrogen) atoms. The van der Waals surface area contributed by atoms with E-state index in [0.29, 0.717) is 11.5 Å². The van der Waals surface area contributed by atoms with Crippen LogP contribution in [-0.4, -0.2) is 25.8 Å². The number of rotatable bonds is 6. The van der Waals surface area contributed by atoms with Gasteiger partial charge in [-0.15, -0.1) is 0 Å². The molecule has 126 valence electrons. The lowest BCUT2D eigenvalue weighted by atomic mass is 10.0. The first-order valence-corrected chi connectivity index (χ1v) is 7.83. The average molecular weight is 334 g/mol. The highest BCUT2D eigenvalue weighted by molar-refractivity contribution is 6.02. The summed E-state index contributed by atoms with van der Waals surface area (Å²) < 4.78 is 10.8. The first-order valence-electron chi connectivity index (χ1n) is 7.83. The van der Waals surface area contributed by atoms with Crippen LogP contribution < -0.4 is 14.9 Å². The van der Waals surface area contributed by atoms with Crippen LogP contribution in [0.25, 0.3) is 10.8 Å². The van der Waals surface area contributed by atoms with Crippen LogP contribution in [0.15, 0.2) is 71.8 Å². The number of ether oxygens (including phenoxy) is 2. The van der Waals surface area contributed by atoms with Crippen LogP contribution in [0.4, 0.5) is 0 Å². The van der Waals surface area contributed by atoms with E-state index in [1.54, 1.807) is 25.5 Å². The molecule has 3 rings (SSSR count). The molecule has 0 aliphatic heterocycles. The zero-order valence-corrected chi connectivity index (χ0v) is 13.8. The Labute approximate surface area is 145 Å². The molecule has 0 bridgehead atoms. The predicted octanol–water partition coefficient (Wildman–Crippen LogP) is 3.38. The molecule has 0 saturated carbocycles. The van der Waals surface area contributed by atoms with Gasteiger partial charge in [0, 0.05) is 5.56 Å². The molecule has 1 N–H and O–H groups in total. The number of benzene rings is 3. The predicted molar refractivity (Wildman–Crippen MR) is 98.2 cm³/mol. The second-order valence-corrected chi connectivity index (χ2v) is 5.30. The average Bonchev–Trinajstić information content (AvgIpc) is 2.67. The number of hydrogen-bond acceptors (Lipinski definition) is 4. The van der Waals surface area contributed by atoms with E-state index in [9.17, 15) is 4.79 Å². The minimum absolute atomic E-state index is 0.103. The number of amides is 1. The lowest BCUT2D eigenvalue weighted by Crippen LogP contribution is -2.24. The Morgan fingerprint density at radius 2 is 1.80 bits per heavy atom. The first kappa shape index (κ1) is 16.5. The van der Waals surface area contributed by atoms with Gasteiger partial charge in [0.25, 0.3) is 5.91 Å². The van der Waals surface area contributed by atoms with Gasteiger partial charge < -0.3 is 9.47 Å². The van der Waals surface area contributed by atoms with Crippen molar-refractivity contribution in [2.45, 2.75) is 0 Å². The first-order chi connectivity index (χ1) is 12.3. The Morgan fingerprint density at radius 1 is 1.04 bits per heavy atom. The molecule has 0 aliphatic carbocycles. The van der Waals surface area contributed by atoms with Crippen LogP contribution in [0.2, 0.25) is 0 Å². The fourth-order valence-electron chi connectivity index (χ4n) is 2.45. The Hall–Kier alpha value is -3.34. The Bertz CT molecular complexity index is 892. The number of nitrogens with zero attached hydrogens (tertiary/aromatic N) is 1. The molecule has 0 atom stereocenters. The number of nitrogens with one attached hydrogen (secondary N) is 1. The summed E-state index contributed by atoms with van der Waals surface area (Å²) in [4.78, 5) is 11.8. The largest absolute Gasteiger partial charge is 0.496 e. The highest BCUT2D eigenvalue weighted by Gasteiger charge is 2.06. The molecule has 5 nitrogen and oxygen atoms in total. The normalized spacial score (nSPS) is 10.8. The molecule has 0 aliphatic rings. The second-order valence-electron chi connectivity index (χ2n) is 5.30. The van der Waals surface area contributed by atoms with Crippen molar-refractivity contribution < 1.29 is 14.3 Å². The summed E-state index contributed by atoms with van der Waals surface area (Å²) >= 11 is 0. The molecule has 0 saturated heterocycles. The topological polar surface area (TPSA) is 59.9 Å². The van der Waals surface area contributed by atoms with E-state index in [4.69, 9.17) is 9.47 Å². The third kappa shape index (κ3) is 4.14. The van der Waals surface area contributed by atoms with E-state index < -0.39 is 0 Å². The number of hydrogen-bond donors (Lipinski definition) is 1. The van der Waals surface area contributed by atoms with Gasteiger partial charge in [0.15, 0.2) is 6.61 Å². The van der Waals surface area contributed by atoms with Crippen molar-refractivity contribution in [3.63, 3.8) is 0 Å². The highest BCUT2D eigenvalue weighted by atomic mass is 16.5. The second kappa shape index (κ2) is 7.97. The third-order valence-corrected chi connectivity index (χ3v) is 3.65. The van der Waals surface area contributed by atoms with Crippen LogP contribution in [0, 0.1) is 0 Å². The fraction of sp³-hybridized carbons (Fsp3) is 0.100. The van der Waals surface area contributed by atoms with Crippen LogP contribution in [-0.2, 0) is 4.79 Å². The molecule has 3 aromatic rings. The lowest BCUT2D eigenvalue weighted by molar-refractivity contribution is -0.123. The van der Waals surface area contributed by atoms with Gasteiger partial charge in [-0.05, 0) is 29.0 Å². The van der Waals surface area contributed by atoms with Crippen LogP contribution in [0.5, 0.6) is 11.5 Å². The Kier molecular flexibility index (Phi) is 5.26. The summed E-state index contributed by atoms with van der Waals surface area (Å²) in [6, 6.07) is 20.9. The number of carbonyl (C=O) groups is 1. The van der Waals surface area contributed by atoms with Gasteiger partial charge in [0.2, 0.25) is 0 Å². The summed E-state index contributed by atoms with van der Waals surface area (Å²) in [6.07, 6.45) is 1.58. The molecule has 0 fully saturated rings. The van der Waals surface area contributed by atoms with Gasteiger partial charge in [-0.3, -0.25) is 4.79 Å². The lowest BCUT2D eigenvalue weighted by Gasteiger charge is -2.08. The molecule has 0 radical (unpaired) electrons. The molecule has 0 spiro atoms. The van der Waals surface area contributed by atoms with Crippen molar-refractivity contribution in [1.82, 2.24) is 5.43 Å². The monoisotopic (exact) mass is 334 g/mol. The molecule has 0 unspecified atom stereocenters. The smallest absolute Gasteiger partial charge is 0.277 e. The summed E-state index contributed by atoms with van der Waals surface area (Å²) in [5.74, 6) is 0.994. The van der Waals surface area contributed by atoms with Gasteiger partial charge in [-0.25, -0.2) is 5.43 Å². The van der Waals surface area contributed by atoms with E-state index in [1.807, 2.05) is 54.6 Å². The minimum Gasteiger partial charge on any atom is -0.496 e. The van der Waals surface area contributed by atoms with E-state index in [1.165, 1.54) is 0 Å². The zero-order valence-electron chi connectivity index (χ0n) is 13.8.